The number of aromatic nitrogens is 1. The van der Waals surface area contributed by atoms with Crippen molar-refractivity contribution in [2.24, 2.45) is 45.4 Å². The number of aromatic amines is 1. The molecule has 3 aromatic rings. The molecule has 2 heterocycles. The molecule has 0 bridgehead atoms. The number of aryl methyl sites for hydroxylation is 2. The number of nitrogens with one attached hydrogen (secondary N) is 2. The Bertz CT molecular complexity index is 2320. The first kappa shape index (κ1) is 42.2. The van der Waals surface area contributed by atoms with Crippen LogP contribution in [-0.2, 0) is 9.53 Å². The molecule has 2 aromatic carbocycles. The molecular weight excluding hydrogens is 735 g/mol. The monoisotopic (exact) mass is 797 g/mol. The highest BCUT2D eigenvalue weighted by Crippen LogP contribution is 2.52. The molecule has 3 N–H and O–H groups in total. The molecule has 4 aliphatic rings. The number of benzene rings is 2. The Balaban J connectivity index is 1.41. The van der Waals surface area contributed by atoms with Crippen LogP contribution in [0.2, 0.25) is 0 Å². The van der Waals surface area contributed by atoms with Gasteiger partial charge in [-0.1, -0.05) is 117 Å². The van der Waals surface area contributed by atoms with E-state index >= 15 is 4.79 Å². The summed E-state index contributed by atoms with van der Waals surface area (Å²) in [4.78, 5) is 52.2. The van der Waals surface area contributed by atoms with Crippen LogP contribution in [0.3, 0.4) is 0 Å². The van der Waals surface area contributed by atoms with Crippen molar-refractivity contribution in [1.82, 2.24) is 4.98 Å². The van der Waals surface area contributed by atoms with Gasteiger partial charge >= 0.3 is 5.97 Å². The van der Waals surface area contributed by atoms with Crippen LogP contribution >= 0.6 is 0 Å². The van der Waals surface area contributed by atoms with Crippen molar-refractivity contribution >= 4 is 34.8 Å². The summed E-state index contributed by atoms with van der Waals surface area (Å²) in [5.74, 6) is 0.175. The first-order chi connectivity index (χ1) is 27.7. The van der Waals surface area contributed by atoms with Crippen molar-refractivity contribution < 1.29 is 24.2 Å². The minimum atomic E-state index is -0.595. The van der Waals surface area contributed by atoms with E-state index in [9.17, 15) is 14.7 Å². The van der Waals surface area contributed by atoms with Gasteiger partial charge < -0.3 is 20.1 Å². The van der Waals surface area contributed by atoms with Crippen molar-refractivity contribution in [3.63, 3.8) is 0 Å². The lowest BCUT2D eigenvalue weighted by atomic mass is 9.59. The molecule has 59 heavy (non-hydrogen) atoms. The number of Topliss-reactive ketones (excluding diaryl/α,β-unsaturated/α-hetero) is 1. The van der Waals surface area contributed by atoms with Crippen LogP contribution < -0.4 is 5.32 Å². The maximum absolute atomic E-state index is 15.2. The van der Waals surface area contributed by atoms with Gasteiger partial charge in [-0.25, -0.2) is 4.79 Å². The Morgan fingerprint density at radius 2 is 1.56 bits per heavy atom. The predicted molar refractivity (Wildman–Crippen MR) is 237 cm³/mol. The molecule has 1 aromatic heterocycles. The van der Waals surface area contributed by atoms with Crippen LogP contribution in [0.25, 0.3) is 16.7 Å². The van der Waals surface area contributed by atoms with Gasteiger partial charge in [-0.05, 0) is 103 Å². The lowest BCUT2D eigenvalue weighted by Gasteiger charge is -2.50. The molecule has 8 heteroatoms. The molecule has 4 unspecified atom stereocenters. The fourth-order valence-electron chi connectivity index (χ4n) is 10.3. The van der Waals surface area contributed by atoms with E-state index in [2.05, 4.69) is 72.6 Å². The number of fused-ring (bicyclic) bond motifs is 1. The normalized spacial score (nSPS) is 26.1. The predicted octanol–water partition coefficient (Wildman–Crippen LogP) is 12.2. The van der Waals surface area contributed by atoms with Gasteiger partial charge in [0.2, 0.25) is 5.78 Å². The van der Waals surface area contributed by atoms with E-state index in [-0.39, 0.29) is 62.4 Å². The maximum atomic E-state index is 15.2. The smallest absolute Gasteiger partial charge is 0.342 e. The van der Waals surface area contributed by atoms with Gasteiger partial charge in [-0.3, -0.25) is 14.6 Å². The van der Waals surface area contributed by atoms with Gasteiger partial charge in [-0.15, -0.1) is 0 Å². The highest BCUT2D eigenvalue weighted by atomic mass is 16.5. The summed E-state index contributed by atoms with van der Waals surface area (Å²) >= 11 is 0. The van der Waals surface area contributed by atoms with E-state index in [1.165, 1.54) is 5.57 Å². The maximum Gasteiger partial charge on any atom is 0.342 e. The zero-order chi connectivity index (χ0) is 42.9. The van der Waals surface area contributed by atoms with Crippen molar-refractivity contribution in [1.29, 1.82) is 0 Å². The number of carbonyl (C=O) groups is 3. The van der Waals surface area contributed by atoms with Crippen LogP contribution in [0.5, 0.6) is 0 Å². The van der Waals surface area contributed by atoms with Crippen LogP contribution in [0.4, 0.5) is 5.82 Å². The second kappa shape index (κ2) is 15.6. The number of hydrogen-bond donors (Lipinski definition) is 3. The number of aliphatic hydroxyl groups excluding tert-OH is 1. The summed E-state index contributed by atoms with van der Waals surface area (Å²) in [5.41, 5.74) is 7.19. The molecular formula is C51H63N3O5. The molecule has 0 radical (unpaired) electrons. The second-order valence-corrected chi connectivity index (χ2v) is 20.1. The lowest BCUT2D eigenvalue weighted by molar-refractivity contribution is -0.111. The number of hydrogen-bond acceptors (Lipinski definition) is 6. The van der Waals surface area contributed by atoms with Crippen molar-refractivity contribution in [3.05, 3.63) is 105 Å². The third kappa shape index (κ3) is 7.68. The summed E-state index contributed by atoms with van der Waals surface area (Å²) in [7, 11) is 0. The molecule has 1 amide bonds. The molecule has 312 valence electrons. The van der Waals surface area contributed by atoms with Gasteiger partial charge in [0.25, 0.3) is 5.91 Å². The van der Waals surface area contributed by atoms with Crippen LogP contribution in [0, 0.1) is 54.3 Å². The molecule has 0 saturated heterocycles. The SMILES string of the molecule is CCC1CC2=C(C)/C(=C3/C(=O)C(c4[nH]c(NC(=O)c5ccc(C)cc5C)c(C(=O)OC5C(C(C)(C)C)CC(C)CC5C(C)(C)C)c4-c4ccccc4)=C3O)N=C2CC1C. The number of aliphatic imine (C=N–C) groups is 1. The van der Waals surface area contributed by atoms with Crippen LogP contribution in [0.15, 0.2) is 81.7 Å². The number of H-pyrrole nitrogens is 1. The zero-order valence-corrected chi connectivity index (χ0v) is 37.1. The number of carbonyl (C=O) groups excluding carboxylic acids is 3. The van der Waals surface area contributed by atoms with Gasteiger partial charge in [0.15, 0.2) is 0 Å². The topological polar surface area (TPSA) is 121 Å². The fraction of sp³-hybridized carbons (Fsp3) is 0.490. The largest absolute Gasteiger partial charge is 0.506 e. The molecule has 1 aliphatic heterocycles. The van der Waals surface area contributed by atoms with Gasteiger partial charge in [0, 0.05) is 28.7 Å². The Morgan fingerprint density at radius 1 is 0.915 bits per heavy atom. The summed E-state index contributed by atoms with van der Waals surface area (Å²) in [6.07, 6.45) is 4.23. The number of amides is 1. The average Bonchev–Trinajstić information content (AvgIpc) is 3.66. The Kier molecular flexibility index (Phi) is 11.1. The van der Waals surface area contributed by atoms with Crippen molar-refractivity contribution in [2.75, 3.05) is 5.32 Å². The highest BCUT2D eigenvalue weighted by Gasteiger charge is 2.49. The molecule has 0 spiro atoms. The molecule has 2 saturated carbocycles. The summed E-state index contributed by atoms with van der Waals surface area (Å²) in [6, 6.07) is 14.9. The van der Waals surface area contributed by atoms with Crippen molar-refractivity contribution in [2.45, 2.75) is 121 Å². The third-order valence-corrected chi connectivity index (χ3v) is 13.8. The first-order valence-corrected chi connectivity index (χ1v) is 21.6. The Morgan fingerprint density at radius 3 is 2.14 bits per heavy atom. The van der Waals surface area contributed by atoms with E-state index in [4.69, 9.17) is 9.73 Å². The van der Waals surface area contributed by atoms with Crippen LogP contribution in [0.1, 0.15) is 139 Å². The molecule has 4 atom stereocenters. The van der Waals surface area contributed by atoms with Gasteiger partial charge in [0.05, 0.1) is 22.5 Å². The molecule has 2 fully saturated rings. The summed E-state index contributed by atoms with van der Waals surface area (Å²) < 4.78 is 6.82. The standard InChI is InChI=1S/C51H63N3O5/c1-13-31-25-34-30(6)42(52-37(34)24-28(31)4)40-44(55)41(45(40)56)43-38(32-17-15-14-16-18-32)39(47(53-43)54-48(57)33-20-19-26(2)21-29(33)5)49(58)59-46-35(50(7,8)9)22-27(3)23-36(46)51(10,11)12/h14-21,27-28,31,35-36,46,53,55H,13,22-25H2,1-12H3,(H,54,57)/b42-40-. The Hall–Kier alpha value is -4.98. The number of ether oxygens (including phenoxy) is 1. The van der Waals surface area contributed by atoms with E-state index in [1.807, 2.05) is 63.2 Å². The minimum Gasteiger partial charge on any atom is -0.506 e. The first-order valence-electron chi connectivity index (χ1n) is 21.6. The summed E-state index contributed by atoms with van der Waals surface area (Å²) in [6.45, 7) is 25.9. The fourth-order valence-corrected chi connectivity index (χ4v) is 10.3. The lowest BCUT2D eigenvalue weighted by Crippen LogP contribution is -2.49. The number of rotatable bonds is 7. The number of anilines is 1. The number of ketones is 1. The second-order valence-electron chi connectivity index (χ2n) is 20.1. The van der Waals surface area contributed by atoms with E-state index in [0.29, 0.717) is 40.1 Å². The van der Waals surface area contributed by atoms with E-state index in [1.54, 1.807) is 6.07 Å². The molecule has 3 aliphatic carbocycles. The van der Waals surface area contributed by atoms with E-state index in [0.717, 1.165) is 54.5 Å². The van der Waals surface area contributed by atoms with Gasteiger partial charge in [0.1, 0.15) is 23.2 Å². The highest BCUT2D eigenvalue weighted by molar-refractivity contribution is 6.40. The Labute approximate surface area is 350 Å². The number of esters is 1. The quantitative estimate of drug-likeness (QED) is 0.162. The number of allylic oxidation sites excluding steroid dienone is 4. The van der Waals surface area contributed by atoms with Crippen molar-refractivity contribution in [3.8, 4) is 11.1 Å². The number of nitrogens with zero attached hydrogens (tertiary/aromatic N) is 1. The zero-order valence-electron chi connectivity index (χ0n) is 37.1. The third-order valence-electron chi connectivity index (χ3n) is 13.8. The molecule has 7 rings (SSSR count). The summed E-state index contributed by atoms with van der Waals surface area (Å²) in [5, 5.41) is 15.0. The average molecular weight is 798 g/mol. The van der Waals surface area contributed by atoms with Gasteiger partial charge in [-0.2, -0.15) is 0 Å². The van der Waals surface area contributed by atoms with E-state index < -0.39 is 18.0 Å². The van der Waals surface area contributed by atoms with Crippen LogP contribution in [-0.4, -0.2) is 39.6 Å². The number of aliphatic hydroxyl groups is 1. The molecule has 8 nitrogen and oxygen atoms in total. The minimum absolute atomic E-state index is 0.0479.